The van der Waals surface area contributed by atoms with Gasteiger partial charge in [-0.25, -0.2) is 9.36 Å². The standard InChI is InChI=1S/C10H16N6OS/c1-7-6-8(2)16(14-7)9-12-13-10(15(9)11)18-5-4-17-3/h6H,4-5,11H2,1-3H3. The molecule has 2 aromatic rings. The molecule has 0 aromatic carbocycles. The number of nitrogen functional groups attached to an aromatic ring is 1. The van der Waals surface area contributed by atoms with Gasteiger partial charge in [0.25, 0.3) is 5.95 Å². The van der Waals surface area contributed by atoms with Crippen molar-refractivity contribution >= 4 is 11.8 Å². The van der Waals surface area contributed by atoms with Gasteiger partial charge in [-0.15, -0.1) is 10.2 Å². The molecular weight excluding hydrogens is 252 g/mol. The zero-order valence-electron chi connectivity index (χ0n) is 10.6. The molecule has 2 aromatic heterocycles. The third-order valence-corrected chi connectivity index (χ3v) is 3.27. The molecular formula is C10H16N6OS. The second-order valence-electron chi connectivity index (χ2n) is 3.83. The van der Waals surface area contributed by atoms with Crippen molar-refractivity contribution in [2.24, 2.45) is 0 Å². The highest BCUT2D eigenvalue weighted by molar-refractivity contribution is 7.99. The van der Waals surface area contributed by atoms with Gasteiger partial charge in [0, 0.05) is 18.6 Å². The SMILES string of the molecule is COCCSc1nnc(-n2nc(C)cc2C)n1N. The van der Waals surface area contributed by atoms with E-state index in [1.807, 2.05) is 19.9 Å². The molecule has 0 amide bonds. The van der Waals surface area contributed by atoms with Crippen LogP contribution in [0.15, 0.2) is 11.2 Å². The highest BCUT2D eigenvalue weighted by atomic mass is 32.2. The number of aryl methyl sites for hydroxylation is 2. The van der Waals surface area contributed by atoms with E-state index in [9.17, 15) is 0 Å². The molecule has 0 saturated carbocycles. The van der Waals surface area contributed by atoms with Crippen molar-refractivity contribution in [1.29, 1.82) is 0 Å². The first-order valence-corrected chi connectivity index (χ1v) is 6.48. The largest absolute Gasteiger partial charge is 0.384 e. The van der Waals surface area contributed by atoms with Gasteiger partial charge >= 0.3 is 0 Å². The molecule has 2 N–H and O–H groups in total. The predicted molar refractivity (Wildman–Crippen MR) is 69.4 cm³/mol. The summed E-state index contributed by atoms with van der Waals surface area (Å²) in [6, 6.07) is 1.96. The number of rotatable bonds is 5. The van der Waals surface area contributed by atoms with Crippen molar-refractivity contribution in [3.8, 4) is 5.95 Å². The van der Waals surface area contributed by atoms with E-state index in [2.05, 4.69) is 15.3 Å². The van der Waals surface area contributed by atoms with E-state index in [0.717, 1.165) is 17.1 Å². The minimum absolute atomic E-state index is 0.514. The van der Waals surface area contributed by atoms with Crippen LogP contribution in [0.3, 0.4) is 0 Å². The van der Waals surface area contributed by atoms with Gasteiger partial charge in [-0.3, -0.25) is 0 Å². The summed E-state index contributed by atoms with van der Waals surface area (Å²) >= 11 is 1.50. The Kier molecular flexibility index (Phi) is 3.87. The van der Waals surface area contributed by atoms with Gasteiger partial charge in [-0.05, 0) is 19.9 Å². The smallest absolute Gasteiger partial charge is 0.271 e. The average Bonchev–Trinajstić information content (AvgIpc) is 2.83. The third-order valence-electron chi connectivity index (χ3n) is 2.36. The number of hydrogen-bond acceptors (Lipinski definition) is 6. The zero-order chi connectivity index (χ0) is 13.1. The summed E-state index contributed by atoms with van der Waals surface area (Å²) in [5.41, 5.74) is 1.89. The van der Waals surface area contributed by atoms with Crippen molar-refractivity contribution in [2.45, 2.75) is 19.0 Å². The number of methoxy groups -OCH3 is 1. The Hall–Kier alpha value is -1.54. The molecule has 0 radical (unpaired) electrons. The molecule has 0 aliphatic rings. The Morgan fingerprint density at radius 2 is 2.17 bits per heavy atom. The van der Waals surface area contributed by atoms with Crippen molar-refractivity contribution < 1.29 is 4.74 Å². The molecule has 18 heavy (non-hydrogen) atoms. The lowest BCUT2D eigenvalue weighted by Crippen LogP contribution is -2.17. The summed E-state index contributed by atoms with van der Waals surface area (Å²) in [4.78, 5) is 0. The van der Waals surface area contributed by atoms with Crippen molar-refractivity contribution in [1.82, 2.24) is 24.7 Å². The average molecular weight is 268 g/mol. The number of aromatic nitrogens is 5. The molecule has 2 rings (SSSR count). The third kappa shape index (κ3) is 2.49. The van der Waals surface area contributed by atoms with Crippen LogP contribution in [0.1, 0.15) is 11.4 Å². The normalized spacial score (nSPS) is 11.1. The van der Waals surface area contributed by atoms with Gasteiger partial charge < -0.3 is 10.6 Å². The van der Waals surface area contributed by atoms with Gasteiger partial charge in [0.1, 0.15) is 0 Å². The molecule has 0 fully saturated rings. The Bertz CT molecular complexity index is 534. The monoisotopic (exact) mass is 268 g/mol. The minimum Gasteiger partial charge on any atom is -0.384 e. The zero-order valence-corrected chi connectivity index (χ0v) is 11.4. The molecule has 7 nitrogen and oxygen atoms in total. The van der Waals surface area contributed by atoms with Gasteiger partial charge in [0.15, 0.2) is 0 Å². The summed E-state index contributed by atoms with van der Waals surface area (Å²) in [6.07, 6.45) is 0. The van der Waals surface area contributed by atoms with Crippen molar-refractivity contribution in [3.05, 3.63) is 17.5 Å². The van der Waals surface area contributed by atoms with Crippen LogP contribution in [0.4, 0.5) is 0 Å². The van der Waals surface area contributed by atoms with E-state index >= 15 is 0 Å². The molecule has 2 heterocycles. The second kappa shape index (κ2) is 5.40. The summed E-state index contributed by atoms with van der Waals surface area (Å²) in [5.74, 6) is 7.26. The van der Waals surface area contributed by atoms with Crippen LogP contribution in [-0.4, -0.2) is 44.1 Å². The van der Waals surface area contributed by atoms with Gasteiger partial charge in [-0.2, -0.15) is 5.10 Å². The Morgan fingerprint density at radius 1 is 1.39 bits per heavy atom. The van der Waals surface area contributed by atoms with Crippen LogP contribution in [0.25, 0.3) is 5.95 Å². The summed E-state index contributed by atoms with van der Waals surface area (Å²) in [5, 5.41) is 13.1. The maximum Gasteiger partial charge on any atom is 0.271 e. The molecule has 0 atom stereocenters. The lowest BCUT2D eigenvalue weighted by atomic mass is 10.4. The molecule has 8 heteroatoms. The number of ether oxygens (including phenoxy) is 1. The first kappa shape index (κ1) is 12.9. The maximum atomic E-state index is 5.96. The van der Waals surface area contributed by atoms with E-state index in [-0.39, 0.29) is 0 Å². The van der Waals surface area contributed by atoms with Crippen LogP contribution in [0.5, 0.6) is 0 Å². The molecule has 0 aliphatic heterocycles. The van der Waals surface area contributed by atoms with E-state index < -0.39 is 0 Å². The van der Waals surface area contributed by atoms with Crippen molar-refractivity contribution in [2.75, 3.05) is 25.3 Å². The van der Waals surface area contributed by atoms with E-state index in [1.54, 1.807) is 11.8 Å². The first-order chi connectivity index (χ1) is 8.63. The topological polar surface area (TPSA) is 83.8 Å². The summed E-state index contributed by atoms with van der Waals surface area (Å²) in [7, 11) is 1.66. The number of hydrogen-bond donors (Lipinski definition) is 1. The van der Waals surface area contributed by atoms with Crippen molar-refractivity contribution in [3.63, 3.8) is 0 Å². The molecule has 0 spiro atoms. The minimum atomic E-state index is 0.514. The van der Waals surface area contributed by atoms with E-state index in [0.29, 0.717) is 17.7 Å². The lowest BCUT2D eigenvalue weighted by Gasteiger charge is -2.04. The highest BCUT2D eigenvalue weighted by Gasteiger charge is 2.14. The fourth-order valence-corrected chi connectivity index (χ4v) is 2.31. The van der Waals surface area contributed by atoms with Crippen LogP contribution >= 0.6 is 11.8 Å². The van der Waals surface area contributed by atoms with Crippen LogP contribution < -0.4 is 5.84 Å². The fourth-order valence-electron chi connectivity index (χ4n) is 1.56. The van der Waals surface area contributed by atoms with Crippen LogP contribution in [0.2, 0.25) is 0 Å². The summed E-state index contributed by atoms with van der Waals surface area (Å²) in [6.45, 7) is 4.52. The number of thioether (sulfide) groups is 1. The quantitative estimate of drug-likeness (QED) is 0.484. The second-order valence-corrected chi connectivity index (χ2v) is 4.89. The first-order valence-electron chi connectivity index (χ1n) is 5.49. The summed E-state index contributed by atoms with van der Waals surface area (Å²) < 4.78 is 8.11. The number of nitrogens with two attached hydrogens (primary N) is 1. The van der Waals surface area contributed by atoms with E-state index in [1.165, 1.54) is 16.4 Å². The fraction of sp³-hybridized carbons (Fsp3) is 0.500. The van der Waals surface area contributed by atoms with Crippen LogP contribution in [-0.2, 0) is 4.74 Å². The Labute approximate surface area is 109 Å². The molecule has 98 valence electrons. The Balaban J connectivity index is 2.22. The van der Waals surface area contributed by atoms with Gasteiger partial charge in [0.05, 0.1) is 12.3 Å². The van der Waals surface area contributed by atoms with Crippen LogP contribution in [0, 0.1) is 13.8 Å². The highest BCUT2D eigenvalue weighted by Crippen LogP contribution is 2.17. The number of nitrogens with zero attached hydrogens (tertiary/aromatic N) is 5. The maximum absolute atomic E-state index is 5.96. The molecule has 0 aliphatic carbocycles. The van der Waals surface area contributed by atoms with E-state index in [4.69, 9.17) is 10.6 Å². The van der Waals surface area contributed by atoms with Gasteiger partial charge in [0.2, 0.25) is 5.16 Å². The predicted octanol–water partition coefficient (Wildman–Crippen LogP) is 0.533. The van der Waals surface area contributed by atoms with Gasteiger partial charge in [-0.1, -0.05) is 11.8 Å². The Morgan fingerprint density at radius 3 is 2.78 bits per heavy atom. The molecule has 0 saturated heterocycles. The molecule has 0 bridgehead atoms. The lowest BCUT2D eigenvalue weighted by molar-refractivity contribution is 0.218. The molecule has 0 unspecified atom stereocenters.